The summed E-state index contributed by atoms with van der Waals surface area (Å²) in [4.78, 5) is 22.4. The fraction of sp³-hybridized carbons (Fsp3) is 0.0741. The van der Waals surface area contributed by atoms with Crippen molar-refractivity contribution in [3.05, 3.63) is 109 Å². The molecule has 0 radical (unpaired) electrons. The van der Waals surface area contributed by atoms with Gasteiger partial charge in [-0.25, -0.2) is 9.59 Å². The minimum absolute atomic E-state index is 0.176. The Hall–Kier alpha value is -3.34. The van der Waals surface area contributed by atoms with Gasteiger partial charge in [0.1, 0.15) is 0 Å². The van der Waals surface area contributed by atoms with E-state index in [1.807, 2.05) is 0 Å². The molecule has 0 unspecified atom stereocenters. The monoisotopic (exact) mass is 464 g/mol. The van der Waals surface area contributed by atoms with Crippen LogP contribution >= 0.6 is 0 Å². The summed E-state index contributed by atoms with van der Waals surface area (Å²) in [5, 5.41) is 21.1. The van der Waals surface area contributed by atoms with Crippen LogP contribution in [0, 0.1) is 0 Å². The zero-order chi connectivity index (χ0) is 24.5. The standard InChI is InChI=1S/2C9H7.2C4H6O2.CH2.Ti/c2*1-2-5-9-7-3-6-8(9)4-1;2*1-3(2)4(5)6;;/h2*1-7H;2*1H2,2H3,(H,5,6);1H2;/q2*-1;;;;+2. The van der Waals surface area contributed by atoms with Crippen LogP contribution in [0.15, 0.2) is 109 Å². The van der Waals surface area contributed by atoms with Gasteiger partial charge in [0.15, 0.2) is 0 Å². The Morgan fingerprint density at radius 2 is 0.969 bits per heavy atom. The fourth-order valence-electron chi connectivity index (χ4n) is 2.14. The average molecular weight is 464 g/mol. The van der Waals surface area contributed by atoms with Crippen molar-refractivity contribution in [2.75, 3.05) is 0 Å². The van der Waals surface area contributed by atoms with Crippen LogP contribution in [0.25, 0.3) is 21.5 Å². The van der Waals surface area contributed by atoms with Crippen LogP contribution in [0.2, 0.25) is 0 Å². The number of carboxylic acid groups (broad SMARTS) is 2. The Morgan fingerprint density at radius 1 is 0.688 bits per heavy atom. The van der Waals surface area contributed by atoms with Crippen LogP contribution in [-0.4, -0.2) is 27.0 Å². The SMILES string of the molecule is C=C(C)C(=O)O.C=C(C)C(=O)O.[CH2]=[Ti+2].c1ccc2[cH-]ccc2c1.c1ccc2[cH-]ccc2c1. The van der Waals surface area contributed by atoms with Gasteiger partial charge in [-0.05, 0) is 13.8 Å². The molecule has 0 atom stereocenters. The predicted molar refractivity (Wildman–Crippen MR) is 131 cm³/mol. The molecule has 0 saturated heterocycles. The summed E-state index contributed by atoms with van der Waals surface area (Å²) in [6, 6.07) is 29.3. The summed E-state index contributed by atoms with van der Waals surface area (Å²) in [5.41, 5.74) is 0.352. The van der Waals surface area contributed by atoms with Crippen molar-refractivity contribution in [1.29, 1.82) is 0 Å². The van der Waals surface area contributed by atoms with Crippen molar-refractivity contribution in [3.63, 3.8) is 0 Å². The van der Waals surface area contributed by atoms with Crippen LogP contribution < -0.4 is 0 Å². The Kier molecular flexibility index (Phi) is 14.7. The van der Waals surface area contributed by atoms with Crippen molar-refractivity contribution < 1.29 is 39.8 Å². The molecule has 4 rings (SSSR count). The number of benzene rings is 2. The third-order valence-electron chi connectivity index (χ3n) is 3.83. The number of carboxylic acids is 2. The third-order valence-corrected chi connectivity index (χ3v) is 3.83. The summed E-state index contributed by atoms with van der Waals surface area (Å²) in [6.07, 6.45) is 0. The molecular weight excluding hydrogens is 436 g/mol. The van der Waals surface area contributed by atoms with Crippen molar-refractivity contribution in [2.24, 2.45) is 0 Å². The van der Waals surface area contributed by atoms with Crippen molar-refractivity contribution >= 4 is 38.3 Å². The Labute approximate surface area is 200 Å². The van der Waals surface area contributed by atoms with Crippen LogP contribution in [0.1, 0.15) is 13.8 Å². The Morgan fingerprint density at radius 3 is 1.22 bits per heavy atom. The Balaban J connectivity index is 0.000000399. The van der Waals surface area contributed by atoms with Gasteiger partial charge in [0.05, 0.1) is 0 Å². The van der Waals surface area contributed by atoms with E-state index < -0.39 is 11.9 Å². The van der Waals surface area contributed by atoms with Crippen LogP contribution in [0.4, 0.5) is 0 Å². The molecule has 164 valence electrons. The molecule has 5 heteroatoms. The molecule has 0 saturated carbocycles. The van der Waals surface area contributed by atoms with Gasteiger partial charge in [-0.15, -0.1) is 59.3 Å². The van der Waals surface area contributed by atoms with Crippen molar-refractivity contribution in [1.82, 2.24) is 0 Å². The summed E-state index contributed by atoms with van der Waals surface area (Å²) in [7, 11) is 0. The third kappa shape index (κ3) is 11.7. The van der Waals surface area contributed by atoms with Gasteiger partial charge in [0.25, 0.3) is 0 Å². The molecule has 0 fully saturated rings. The first kappa shape index (κ1) is 28.7. The number of aliphatic carboxylic acids is 2. The zero-order valence-corrected chi connectivity index (χ0v) is 20.0. The molecule has 0 amide bonds. The van der Waals surface area contributed by atoms with E-state index in [1.165, 1.54) is 35.4 Å². The van der Waals surface area contributed by atoms with Gasteiger partial charge in [0, 0.05) is 11.1 Å². The molecular formula is C27H28O4Ti. The maximum absolute atomic E-state index is 9.60. The first-order chi connectivity index (χ1) is 15.2. The molecule has 0 spiro atoms. The second kappa shape index (κ2) is 16.4. The normalized spacial score (nSPS) is 8.75. The minimum atomic E-state index is -0.935. The van der Waals surface area contributed by atoms with Crippen molar-refractivity contribution in [2.45, 2.75) is 13.8 Å². The predicted octanol–water partition coefficient (Wildman–Crippen LogP) is 6.38. The van der Waals surface area contributed by atoms with E-state index in [0.717, 1.165) is 0 Å². The van der Waals surface area contributed by atoms with Crippen molar-refractivity contribution in [3.8, 4) is 0 Å². The molecule has 2 N–H and O–H groups in total. The number of hydrogen-bond donors (Lipinski definition) is 2. The topological polar surface area (TPSA) is 74.6 Å². The van der Waals surface area contributed by atoms with E-state index in [0.29, 0.717) is 0 Å². The van der Waals surface area contributed by atoms with Gasteiger partial charge >= 0.3 is 36.7 Å². The summed E-state index contributed by atoms with van der Waals surface area (Å²) in [6.45, 7) is 9.20. The molecule has 0 aliphatic heterocycles. The van der Waals surface area contributed by atoms with E-state index in [2.05, 4.69) is 103 Å². The van der Waals surface area contributed by atoms with E-state index in [-0.39, 0.29) is 11.1 Å². The molecule has 0 bridgehead atoms. The summed E-state index contributed by atoms with van der Waals surface area (Å²) >= 11 is 1.75. The minimum Gasteiger partial charge on any atom is -0.168 e. The first-order valence-electron chi connectivity index (χ1n) is 9.56. The van der Waals surface area contributed by atoms with E-state index >= 15 is 0 Å². The van der Waals surface area contributed by atoms with E-state index in [4.69, 9.17) is 10.2 Å². The quantitative estimate of drug-likeness (QED) is 0.205. The molecule has 0 aromatic heterocycles. The second-order valence-electron chi connectivity index (χ2n) is 6.48. The summed E-state index contributed by atoms with van der Waals surface area (Å²) in [5.74, 6) is -1.87. The molecule has 4 aromatic carbocycles. The van der Waals surface area contributed by atoms with Gasteiger partial charge < -0.3 is 10.2 Å². The first-order valence-corrected chi connectivity index (χ1v) is 10.7. The number of carbonyl (C=O) groups is 2. The van der Waals surface area contributed by atoms with Gasteiger partial charge in [-0.3, -0.25) is 0 Å². The maximum Gasteiger partial charge on any atom is -0.0809 e. The second-order valence-corrected chi connectivity index (χ2v) is 6.48. The molecule has 0 aliphatic rings. The largest absolute Gasteiger partial charge is 0.168 e. The number of rotatable bonds is 2. The zero-order valence-electron chi connectivity index (χ0n) is 18.4. The fourth-order valence-corrected chi connectivity index (χ4v) is 2.14. The van der Waals surface area contributed by atoms with Crippen LogP contribution in [0.3, 0.4) is 0 Å². The maximum atomic E-state index is 9.60. The molecule has 4 nitrogen and oxygen atoms in total. The molecule has 32 heavy (non-hydrogen) atoms. The van der Waals surface area contributed by atoms with Gasteiger partial charge in [-0.1, -0.05) is 25.3 Å². The smallest absolute Gasteiger partial charge is 0.0809 e. The van der Waals surface area contributed by atoms with Gasteiger partial charge in [0.2, 0.25) is 0 Å². The van der Waals surface area contributed by atoms with Crippen LogP contribution in [0.5, 0.6) is 0 Å². The average Bonchev–Trinajstić information content (AvgIpc) is 3.45. The number of fused-ring (bicyclic) bond motifs is 2. The molecule has 0 aliphatic carbocycles. The molecule has 0 heterocycles. The molecule has 4 aromatic rings. The summed E-state index contributed by atoms with van der Waals surface area (Å²) < 4.78 is 0. The number of hydrogen-bond acceptors (Lipinski definition) is 2. The van der Waals surface area contributed by atoms with Gasteiger partial charge in [-0.2, -0.15) is 35.0 Å². The van der Waals surface area contributed by atoms with Crippen LogP contribution in [-0.2, 0) is 29.6 Å². The van der Waals surface area contributed by atoms with E-state index in [9.17, 15) is 9.59 Å². The Bertz CT molecular complexity index is 960. The van der Waals surface area contributed by atoms with E-state index in [1.54, 1.807) is 20.0 Å².